The second kappa shape index (κ2) is 10.5. The van der Waals surface area contributed by atoms with Gasteiger partial charge < -0.3 is 20.4 Å². The third-order valence-corrected chi connectivity index (χ3v) is 7.09. The molecule has 0 aliphatic carbocycles. The van der Waals surface area contributed by atoms with Crippen molar-refractivity contribution in [3.8, 4) is 0 Å². The fourth-order valence-electron chi connectivity index (χ4n) is 5.40. The molecule has 0 aromatic heterocycles. The zero-order chi connectivity index (χ0) is 24.2. The number of amides is 3. The number of carbonyl (C=O) groups is 2. The number of rotatable bonds is 7. The van der Waals surface area contributed by atoms with Crippen LogP contribution in [0.15, 0.2) is 42.5 Å². The first-order valence-electron chi connectivity index (χ1n) is 12.6. The van der Waals surface area contributed by atoms with Crippen LogP contribution in [0.4, 0.5) is 10.5 Å². The van der Waals surface area contributed by atoms with Gasteiger partial charge in [0, 0.05) is 61.9 Å². The average Bonchev–Trinajstić information content (AvgIpc) is 3.36. The van der Waals surface area contributed by atoms with Gasteiger partial charge in [0.25, 0.3) is 5.91 Å². The predicted molar refractivity (Wildman–Crippen MR) is 137 cm³/mol. The summed E-state index contributed by atoms with van der Waals surface area (Å²) in [7, 11) is 0. The summed E-state index contributed by atoms with van der Waals surface area (Å²) in [5, 5.41) is 5.77. The van der Waals surface area contributed by atoms with Gasteiger partial charge >= 0.3 is 6.03 Å². The molecule has 34 heavy (non-hydrogen) atoms. The molecule has 0 saturated carbocycles. The molecule has 0 radical (unpaired) electrons. The van der Waals surface area contributed by atoms with Crippen molar-refractivity contribution in [1.29, 1.82) is 0 Å². The first kappa shape index (κ1) is 24.1. The first-order valence-corrected chi connectivity index (χ1v) is 12.6. The summed E-state index contributed by atoms with van der Waals surface area (Å²) in [6.07, 6.45) is 1.85. The number of aryl methyl sites for hydroxylation is 3. The van der Waals surface area contributed by atoms with Gasteiger partial charge in [0.05, 0.1) is 0 Å². The molecule has 182 valence electrons. The van der Waals surface area contributed by atoms with Crippen molar-refractivity contribution in [2.75, 3.05) is 37.6 Å². The van der Waals surface area contributed by atoms with Gasteiger partial charge in [-0.15, -0.1) is 0 Å². The molecule has 2 heterocycles. The van der Waals surface area contributed by atoms with Crippen molar-refractivity contribution in [2.45, 2.75) is 46.6 Å². The van der Waals surface area contributed by atoms with E-state index in [9.17, 15) is 9.59 Å². The van der Waals surface area contributed by atoms with Gasteiger partial charge in [-0.2, -0.15) is 0 Å². The lowest BCUT2D eigenvalue weighted by molar-refractivity contribution is 0.0781. The van der Waals surface area contributed by atoms with Crippen LogP contribution < -0.4 is 15.5 Å². The quantitative estimate of drug-likeness (QED) is 0.608. The number of benzene rings is 2. The minimum Gasteiger partial charge on any atom is -0.371 e. The highest BCUT2D eigenvalue weighted by Crippen LogP contribution is 2.35. The molecule has 0 spiro atoms. The molecule has 6 heteroatoms. The van der Waals surface area contributed by atoms with Gasteiger partial charge in [0.15, 0.2) is 0 Å². The third kappa shape index (κ3) is 5.54. The van der Waals surface area contributed by atoms with Gasteiger partial charge in [-0.1, -0.05) is 30.3 Å². The fourth-order valence-corrected chi connectivity index (χ4v) is 5.40. The summed E-state index contributed by atoms with van der Waals surface area (Å²) in [6.45, 7) is 12.3. The van der Waals surface area contributed by atoms with E-state index in [1.807, 2.05) is 45.9 Å². The van der Waals surface area contributed by atoms with E-state index < -0.39 is 0 Å². The van der Waals surface area contributed by atoms with E-state index >= 15 is 0 Å². The van der Waals surface area contributed by atoms with E-state index in [0.29, 0.717) is 18.4 Å². The number of hydrogen-bond donors (Lipinski definition) is 2. The lowest BCUT2D eigenvalue weighted by atomic mass is 10.0. The number of fused-ring (bicyclic) bond motifs is 1. The van der Waals surface area contributed by atoms with Crippen molar-refractivity contribution < 1.29 is 9.59 Å². The molecule has 2 atom stereocenters. The van der Waals surface area contributed by atoms with E-state index in [4.69, 9.17) is 0 Å². The smallest absolute Gasteiger partial charge is 0.314 e. The van der Waals surface area contributed by atoms with Crippen molar-refractivity contribution in [3.05, 3.63) is 64.7 Å². The summed E-state index contributed by atoms with van der Waals surface area (Å²) in [4.78, 5) is 29.5. The van der Waals surface area contributed by atoms with E-state index in [1.165, 1.54) is 11.3 Å². The molecule has 2 N–H and O–H groups in total. The zero-order valence-corrected chi connectivity index (χ0v) is 20.9. The van der Waals surface area contributed by atoms with Crippen molar-refractivity contribution in [2.24, 2.45) is 11.8 Å². The van der Waals surface area contributed by atoms with Crippen LogP contribution in [0.1, 0.15) is 47.3 Å². The standard InChI is InChI=1S/C28H38N4O2/c1-19(2)30-28(34)29-13-7-11-22-10-6-12-25(14-22)31-15-23-17-32(18-24(23)16-31)27(33)26-20(3)8-5-9-21(26)4/h5-6,8-10,12,14,19,23-24H,7,11,13,15-18H2,1-4H3,(H2,29,30,34). The maximum atomic E-state index is 13.2. The lowest BCUT2D eigenvalue weighted by Crippen LogP contribution is -2.39. The highest BCUT2D eigenvalue weighted by Gasteiger charge is 2.42. The Labute approximate surface area is 203 Å². The third-order valence-electron chi connectivity index (χ3n) is 7.09. The van der Waals surface area contributed by atoms with E-state index in [1.54, 1.807) is 0 Å². The van der Waals surface area contributed by atoms with Crippen LogP contribution in [-0.2, 0) is 6.42 Å². The SMILES string of the molecule is Cc1cccc(C)c1C(=O)N1CC2CN(c3cccc(CCCNC(=O)NC(C)C)c3)CC2C1. The number of nitrogens with zero attached hydrogens (tertiary/aromatic N) is 2. The zero-order valence-electron chi connectivity index (χ0n) is 20.9. The van der Waals surface area contributed by atoms with Gasteiger partial charge in [0.1, 0.15) is 0 Å². The van der Waals surface area contributed by atoms with E-state index in [-0.39, 0.29) is 18.0 Å². The number of hydrogen-bond acceptors (Lipinski definition) is 3. The average molecular weight is 463 g/mol. The number of carbonyl (C=O) groups excluding carboxylic acids is 2. The maximum Gasteiger partial charge on any atom is 0.314 e. The maximum absolute atomic E-state index is 13.2. The van der Waals surface area contributed by atoms with Crippen molar-refractivity contribution in [1.82, 2.24) is 15.5 Å². The van der Waals surface area contributed by atoms with Gasteiger partial charge in [-0.25, -0.2) is 4.79 Å². The van der Waals surface area contributed by atoms with Crippen LogP contribution in [0.2, 0.25) is 0 Å². The summed E-state index contributed by atoms with van der Waals surface area (Å²) in [5.41, 5.74) is 5.58. The number of likely N-dealkylation sites (tertiary alicyclic amines) is 1. The molecule has 4 rings (SSSR count). The Kier molecular flexibility index (Phi) is 7.44. The van der Waals surface area contributed by atoms with Crippen molar-refractivity contribution in [3.63, 3.8) is 0 Å². The van der Waals surface area contributed by atoms with Gasteiger partial charge in [-0.05, 0) is 69.4 Å². The molecule has 2 aliphatic heterocycles. The lowest BCUT2D eigenvalue weighted by Gasteiger charge is -2.24. The fraction of sp³-hybridized carbons (Fsp3) is 0.500. The minimum absolute atomic E-state index is 0.0996. The molecular formula is C28H38N4O2. The molecule has 0 bridgehead atoms. The van der Waals surface area contributed by atoms with Crippen LogP contribution >= 0.6 is 0 Å². The Bertz CT molecular complexity index is 1000. The number of urea groups is 1. The molecular weight excluding hydrogens is 424 g/mol. The molecule has 2 saturated heterocycles. The molecule has 6 nitrogen and oxygen atoms in total. The highest BCUT2D eigenvalue weighted by molar-refractivity contribution is 5.97. The van der Waals surface area contributed by atoms with E-state index in [0.717, 1.165) is 55.7 Å². The summed E-state index contributed by atoms with van der Waals surface area (Å²) < 4.78 is 0. The Morgan fingerprint density at radius 1 is 0.971 bits per heavy atom. The van der Waals surface area contributed by atoms with E-state index in [2.05, 4.69) is 44.7 Å². The second-order valence-corrected chi connectivity index (χ2v) is 10.2. The highest BCUT2D eigenvalue weighted by atomic mass is 16.2. The Balaban J connectivity index is 1.29. The first-order chi connectivity index (χ1) is 16.3. The molecule has 2 fully saturated rings. The van der Waals surface area contributed by atoms with Gasteiger partial charge in [-0.3, -0.25) is 4.79 Å². The van der Waals surface area contributed by atoms with Crippen LogP contribution in [0.3, 0.4) is 0 Å². The van der Waals surface area contributed by atoms with Crippen LogP contribution in [0, 0.1) is 25.7 Å². The number of anilines is 1. The summed E-state index contributed by atoms with van der Waals surface area (Å²) in [6, 6.07) is 14.9. The number of nitrogens with one attached hydrogen (secondary N) is 2. The Morgan fingerprint density at radius 2 is 1.62 bits per heavy atom. The van der Waals surface area contributed by atoms with Crippen LogP contribution in [0.5, 0.6) is 0 Å². The minimum atomic E-state index is -0.0996. The normalized spacial score (nSPS) is 19.4. The molecule has 2 aliphatic rings. The van der Waals surface area contributed by atoms with Crippen LogP contribution in [0.25, 0.3) is 0 Å². The predicted octanol–water partition coefficient (Wildman–Crippen LogP) is 4.15. The van der Waals surface area contributed by atoms with Crippen LogP contribution in [-0.4, -0.2) is 55.6 Å². The molecule has 2 unspecified atom stereocenters. The van der Waals surface area contributed by atoms with Gasteiger partial charge in [0.2, 0.25) is 0 Å². The summed E-state index contributed by atoms with van der Waals surface area (Å²) >= 11 is 0. The summed E-state index contributed by atoms with van der Waals surface area (Å²) in [5.74, 6) is 1.25. The topological polar surface area (TPSA) is 64.7 Å². The second-order valence-electron chi connectivity index (χ2n) is 10.2. The van der Waals surface area contributed by atoms with Crippen molar-refractivity contribution >= 4 is 17.6 Å². The molecule has 2 aromatic carbocycles. The molecule has 2 aromatic rings. The Hall–Kier alpha value is -3.02. The monoisotopic (exact) mass is 462 g/mol. The molecule has 3 amide bonds. The Morgan fingerprint density at radius 3 is 2.26 bits per heavy atom. The largest absolute Gasteiger partial charge is 0.371 e.